The van der Waals surface area contributed by atoms with Gasteiger partial charge in [-0.2, -0.15) is 0 Å². The number of aromatic nitrogens is 2. The molecule has 3 N–H and O–H groups in total. The number of rotatable bonds is 21. The van der Waals surface area contributed by atoms with E-state index in [4.69, 9.17) is 23.7 Å². The summed E-state index contributed by atoms with van der Waals surface area (Å²) in [5.74, 6) is -2.59. The van der Waals surface area contributed by atoms with Crippen molar-refractivity contribution in [2.45, 2.75) is 174 Å². The third-order valence-electron chi connectivity index (χ3n) is 13.4. The van der Waals surface area contributed by atoms with Gasteiger partial charge in [-0.1, -0.05) is 86.0 Å². The first kappa shape index (κ1) is 61.5. The van der Waals surface area contributed by atoms with Crippen LogP contribution in [0, 0.1) is 5.92 Å². The summed E-state index contributed by atoms with van der Waals surface area (Å²) < 4.78 is 30.3. The number of para-hydroxylation sites is 2. The fourth-order valence-electron chi connectivity index (χ4n) is 9.80. The maximum atomic E-state index is 15.4. The molecular formula is C61H80N6O13. The van der Waals surface area contributed by atoms with Crippen LogP contribution in [0.2, 0.25) is 0 Å². The van der Waals surface area contributed by atoms with Crippen molar-refractivity contribution in [1.29, 1.82) is 0 Å². The van der Waals surface area contributed by atoms with E-state index in [0.717, 1.165) is 5.56 Å². The van der Waals surface area contributed by atoms with Crippen LogP contribution in [0.15, 0.2) is 91.3 Å². The number of methoxy groups -OCH3 is 1. The van der Waals surface area contributed by atoms with Gasteiger partial charge in [-0.25, -0.2) is 24.0 Å². The molecule has 1 saturated carbocycles. The molecule has 2 aromatic heterocycles. The Morgan fingerprint density at radius 1 is 0.637 bits per heavy atom. The van der Waals surface area contributed by atoms with Gasteiger partial charge in [-0.3, -0.25) is 23.5 Å². The molecule has 4 amide bonds. The molecule has 19 heteroatoms. The minimum Gasteiger partial charge on any atom is -0.467 e. The molecule has 0 unspecified atom stereocenters. The zero-order valence-corrected chi connectivity index (χ0v) is 48.0. The average molecular weight is 1110 g/mol. The summed E-state index contributed by atoms with van der Waals surface area (Å²) in [6.45, 7) is 16.4. The van der Waals surface area contributed by atoms with Crippen LogP contribution in [0.4, 0.5) is 19.2 Å². The summed E-state index contributed by atoms with van der Waals surface area (Å²) in [6, 6.07) is 20.1. The average Bonchev–Trinajstić information content (AvgIpc) is 3.97. The summed E-state index contributed by atoms with van der Waals surface area (Å²) in [5.41, 5.74) is 0.758. The van der Waals surface area contributed by atoms with E-state index in [1.165, 1.54) is 16.2 Å². The van der Waals surface area contributed by atoms with Gasteiger partial charge in [0.1, 0.15) is 35.5 Å². The Balaban J connectivity index is 1.23. The summed E-state index contributed by atoms with van der Waals surface area (Å²) >= 11 is 0. The van der Waals surface area contributed by atoms with Crippen molar-refractivity contribution >= 4 is 69.7 Å². The number of hydrogen-bond donors (Lipinski definition) is 3. The van der Waals surface area contributed by atoms with Gasteiger partial charge in [-0.15, -0.1) is 0 Å². The van der Waals surface area contributed by atoms with Gasteiger partial charge < -0.3 is 44.5 Å². The second kappa shape index (κ2) is 27.4. The van der Waals surface area contributed by atoms with Crippen LogP contribution in [-0.4, -0.2) is 117 Å². The minimum absolute atomic E-state index is 0.00694. The zero-order chi connectivity index (χ0) is 58.4. The summed E-state index contributed by atoms with van der Waals surface area (Å²) in [6.07, 6.45) is 4.25. The van der Waals surface area contributed by atoms with E-state index >= 15 is 4.79 Å². The summed E-state index contributed by atoms with van der Waals surface area (Å²) in [4.78, 5) is 112. The lowest BCUT2D eigenvalue weighted by Crippen LogP contribution is -2.56. The van der Waals surface area contributed by atoms with Crippen LogP contribution >= 0.6 is 0 Å². The molecule has 6 rings (SSSR count). The number of Topliss-reactive ketones (excluding diaryl/α,β-unsaturated/α-hetero) is 1. The Labute approximate surface area is 468 Å². The SMILES string of the molecule is COC(=O)[C@H](Cc1cn(C(=O)OC(C)(C)C)c2ccccc12)NC(=O)CC[C@H]1CCC[C@@H](N(CCCCCCNC(=O)OC(C)(C)C)C(=O)[C@H](Cc2cn(C(=O)OC(C)(C)C)c3ccccc23)NC(=O)OCc2ccccc2)C1=O. The van der Waals surface area contributed by atoms with Crippen molar-refractivity contribution in [2.75, 3.05) is 20.2 Å². The highest BCUT2D eigenvalue weighted by Gasteiger charge is 2.40. The molecule has 5 aromatic rings. The van der Waals surface area contributed by atoms with E-state index in [1.54, 1.807) is 122 Å². The van der Waals surface area contributed by atoms with Crippen molar-refractivity contribution < 1.29 is 62.0 Å². The first-order chi connectivity index (χ1) is 37.8. The number of ether oxygens (including phenoxy) is 5. The van der Waals surface area contributed by atoms with E-state index in [0.29, 0.717) is 84.4 Å². The lowest BCUT2D eigenvalue weighted by molar-refractivity contribution is -0.145. The van der Waals surface area contributed by atoms with Gasteiger partial charge >= 0.3 is 30.3 Å². The molecule has 0 spiro atoms. The summed E-state index contributed by atoms with van der Waals surface area (Å²) in [5, 5.41) is 9.74. The highest BCUT2D eigenvalue weighted by atomic mass is 16.6. The number of amides is 4. The summed E-state index contributed by atoms with van der Waals surface area (Å²) in [7, 11) is 1.22. The molecule has 4 atom stereocenters. The lowest BCUT2D eigenvalue weighted by atomic mass is 9.80. The Kier molecular flexibility index (Phi) is 21.1. The third kappa shape index (κ3) is 17.9. The molecule has 3 aromatic carbocycles. The van der Waals surface area contributed by atoms with Gasteiger partial charge in [-0.05, 0) is 123 Å². The number of unbranched alkanes of at least 4 members (excludes halogenated alkanes) is 3. The molecule has 0 radical (unpaired) electrons. The molecular weight excluding hydrogens is 1020 g/mol. The molecule has 1 aliphatic carbocycles. The topological polar surface area (TPSA) is 232 Å². The highest BCUT2D eigenvalue weighted by molar-refractivity contribution is 5.97. The molecule has 432 valence electrons. The maximum Gasteiger partial charge on any atom is 0.419 e. The smallest absolute Gasteiger partial charge is 0.419 e. The lowest BCUT2D eigenvalue weighted by Gasteiger charge is -2.38. The van der Waals surface area contributed by atoms with Gasteiger partial charge in [0.25, 0.3) is 0 Å². The number of carbonyl (C=O) groups excluding carboxylic acids is 8. The number of nitrogens with zero attached hydrogens (tertiary/aromatic N) is 3. The van der Waals surface area contributed by atoms with Crippen LogP contribution in [0.5, 0.6) is 0 Å². The van der Waals surface area contributed by atoms with Crippen LogP contribution in [0.3, 0.4) is 0 Å². The number of nitrogens with one attached hydrogen (secondary N) is 3. The Morgan fingerprint density at radius 2 is 1.18 bits per heavy atom. The largest absolute Gasteiger partial charge is 0.467 e. The number of carbonyl (C=O) groups is 8. The number of fused-ring (bicyclic) bond motifs is 2. The minimum atomic E-state index is -1.28. The van der Waals surface area contributed by atoms with Crippen LogP contribution in [0.1, 0.15) is 137 Å². The van der Waals surface area contributed by atoms with Gasteiger partial charge in [0.2, 0.25) is 11.8 Å². The number of hydrogen-bond acceptors (Lipinski definition) is 13. The number of ketones is 1. The van der Waals surface area contributed by atoms with Crippen LogP contribution < -0.4 is 16.0 Å². The maximum absolute atomic E-state index is 15.4. The van der Waals surface area contributed by atoms with Gasteiger partial charge in [0.05, 0.1) is 24.2 Å². The molecule has 80 heavy (non-hydrogen) atoms. The van der Waals surface area contributed by atoms with Gasteiger partial charge in [0, 0.05) is 61.4 Å². The zero-order valence-electron chi connectivity index (χ0n) is 48.0. The molecule has 19 nitrogen and oxygen atoms in total. The fraction of sp³-hybridized carbons (Fsp3) is 0.508. The van der Waals surface area contributed by atoms with E-state index in [9.17, 15) is 33.6 Å². The Bertz CT molecular complexity index is 2980. The second-order valence-corrected chi connectivity index (χ2v) is 23.3. The Hall–Kier alpha value is -7.70. The standard InChI is InChI=1S/C61H80N6O13/c1-59(2,3)78-55(72)62-33-20-11-12-21-34-65(53(70)46(64-56(73)77-39-40-23-14-13-15-24-40)35-42-37-66(57(74)79-60(4,5)6)48-28-18-16-26-44(42)48)50-30-22-25-41(52(50)69)31-32-51(68)63-47(54(71)76-10)36-43-38-67(58(75)80-61(7,8)9)49-29-19-17-27-45(43)49/h13-19,23-24,26-29,37-38,41,46-47,50H,11-12,20-22,25,30-36,39H2,1-10H3,(H,62,72)(H,63,68)(H,64,73)/t41-,46+,47+,50-/m1/s1. The third-order valence-corrected chi connectivity index (χ3v) is 13.4. The molecule has 1 fully saturated rings. The number of alkyl carbamates (subject to hydrolysis) is 2. The normalized spacial score (nSPS) is 15.6. The number of esters is 1. The molecule has 2 heterocycles. The van der Waals surface area contributed by atoms with Crippen molar-refractivity contribution in [3.05, 3.63) is 108 Å². The monoisotopic (exact) mass is 1100 g/mol. The van der Waals surface area contributed by atoms with Crippen molar-refractivity contribution in [1.82, 2.24) is 30.0 Å². The first-order valence-electron chi connectivity index (χ1n) is 27.6. The molecule has 0 aliphatic heterocycles. The van der Waals surface area contributed by atoms with E-state index in [2.05, 4.69) is 16.0 Å². The second-order valence-electron chi connectivity index (χ2n) is 23.3. The predicted molar refractivity (Wildman–Crippen MR) is 302 cm³/mol. The van der Waals surface area contributed by atoms with E-state index in [1.807, 2.05) is 36.4 Å². The van der Waals surface area contributed by atoms with Crippen LogP contribution in [0.25, 0.3) is 21.8 Å². The molecule has 0 saturated heterocycles. The molecule has 0 bridgehead atoms. The molecule has 1 aliphatic rings. The first-order valence-corrected chi connectivity index (χ1v) is 27.6. The van der Waals surface area contributed by atoms with Crippen LogP contribution in [-0.2, 0) is 62.3 Å². The Morgan fingerprint density at radius 3 is 1.74 bits per heavy atom. The van der Waals surface area contributed by atoms with E-state index in [-0.39, 0.29) is 44.6 Å². The van der Waals surface area contributed by atoms with Crippen molar-refractivity contribution in [2.24, 2.45) is 5.92 Å². The quantitative estimate of drug-likeness (QED) is 0.0353. The van der Waals surface area contributed by atoms with Crippen molar-refractivity contribution in [3.8, 4) is 0 Å². The predicted octanol–water partition coefficient (Wildman–Crippen LogP) is 10.3. The fourth-order valence-corrected chi connectivity index (χ4v) is 9.80. The van der Waals surface area contributed by atoms with E-state index < -0.39 is 83.0 Å². The van der Waals surface area contributed by atoms with Crippen molar-refractivity contribution in [3.63, 3.8) is 0 Å². The number of benzene rings is 3. The highest BCUT2D eigenvalue weighted by Crippen LogP contribution is 2.31. The van der Waals surface area contributed by atoms with Gasteiger partial charge in [0.15, 0.2) is 5.78 Å².